The van der Waals surface area contributed by atoms with Gasteiger partial charge in [-0.2, -0.15) is 0 Å². The van der Waals surface area contributed by atoms with E-state index in [0.29, 0.717) is 6.42 Å². The number of carboxylic acids is 1. The van der Waals surface area contributed by atoms with E-state index in [4.69, 9.17) is 19.3 Å². The molecule has 1 aromatic carbocycles. The first-order chi connectivity index (χ1) is 9.66. The molecule has 1 aromatic rings. The topological polar surface area (TPSA) is 82.1 Å². The smallest absolute Gasteiger partial charge is 0.335 e. The normalized spacial score (nSPS) is 21.6. The predicted octanol–water partition coefficient (Wildman–Crippen LogP) is 0.988. The van der Waals surface area contributed by atoms with Crippen LogP contribution in [0.25, 0.3) is 0 Å². The zero-order chi connectivity index (χ0) is 14.4. The number of benzene rings is 1. The first-order valence-electron chi connectivity index (χ1n) is 6.32. The second kappa shape index (κ2) is 7.02. The average Bonchev–Trinajstić information content (AvgIpc) is 2.92. The third kappa shape index (κ3) is 4.04. The number of esters is 1. The lowest BCUT2D eigenvalue weighted by atomic mass is 10.1. The highest BCUT2D eigenvalue weighted by molar-refractivity contribution is 5.73. The molecule has 0 spiro atoms. The molecule has 6 heteroatoms. The van der Waals surface area contributed by atoms with E-state index in [9.17, 15) is 9.59 Å². The van der Waals surface area contributed by atoms with Crippen LogP contribution in [0.15, 0.2) is 30.3 Å². The summed E-state index contributed by atoms with van der Waals surface area (Å²) in [6.45, 7) is -0.201. The summed E-state index contributed by atoms with van der Waals surface area (Å²) < 4.78 is 15.0. The molecule has 2 rings (SSSR count). The Balaban J connectivity index is 1.71. The first-order valence-corrected chi connectivity index (χ1v) is 6.32. The van der Waals surface area contributed by atoms with Gasteiger partial charge in [-0.1, -0.05) is 30.3 Å². The van der Waals surface area contributed by atoms with Crippen LogP contribution in [0.2, 0.25) is 0 Å². The van der Waals surface area contributed by atoms with E-state index >= 15 is 0 Å². The number of hydrogen-bond donors (Lipinski definition) is 1. The van der Waals surface area contributed by atoms with Crippen molar-refractivity contribution >= 4 is 11.9 Å². The summed E-state index contributed by atoms with van der Waals surface area (Å²) in [6.07, 6.45) is -0.982. The molecule has 0 amide bonds. The number of hydrogen-bond acceptors (Lipinski definition) is 5. The van der Waals surface area contributed by atoms with Crippen LogP contribution in [0.4, 0.5) is 0 Å². The molecule has 0 saturated carbocycles. The van der Waals surface area contributed by atoms with Crippen molar-refractivity contribution in [1.82, 2.24) is 0 Å². The van der Waals surface area contributed by atoms with E-state index in [2.05, 4.69) is 0 Å². The highest BCUT2D eigenvalue weighted by atomic mass is 16.7. The van der Waals surface area contributed by atoms with E-state index in [1.807, 2.05) is 30.3 Å². The van der Waals surface area contributed by atoms with Crippen LogP contribution in [0.5, 0.6) is 0 Å². The monoisotopic (exact) mass is 280 g/mol. The van der Waals surface area contributed by atoms with Crippen molar-refractivity contribution in [3.63, 3.8) is 0 Å². The third-order valence-electron chi connectivity index (χ3n) is 2.98. The Morgan fingerprint density at radius 2 is 2.00 bits per heavy atom. The molecule has 0 aliphatic carbocycles. The van der Waals surface area contributed by atoms with Gasteiger partial charge in [-0.3, -0.25) is 4.79 Å². The first kappa shape index (κ1) is 14.5. The van der Waals surface area contributed by atoms with Crippen LogP contribution in [0.3, 0.4) is 0 Å². The van der Waals surface area contributed by atoms with Gasteiger partial charge in [0, 0.05) is 6.42 Å². The fourth-order valence-electron chi connectivity index (χ4n) is 1.90. The largest absolute Gasteiger partial charge is 0.479 e. The summed E-state index contributed by atoms with van der Waals surface area (Å²) in [7, 11) is 0. The zero-order valence-corrected chi connectivity index (χ0v) is 10.9. The molecule has 1 saturated heterocycles. The van der Waals surface area contributed by atoms with Crippen molar-refractivity contribution in [1.29, 1.82) is 0 Å². The highest BCUT2D eigenvalue weighted by Crippen LogP contribution is 2.14. The molecule has 0 aromatic heterocycles. The lowest BCUT2D eigenvalue weighted by molar-refractivity contribution is -0.153. The average molecular weight is 280 g/mol. The predicted molar refractivity (Wildman–Crippen MR) is 68.0 cm³/mol. The molecule has 1 aliphatic rings. The molecule has 2 atom stereocenters. The molecule has 1 fully saturated rings. The maximum atomic E-state index is 11.6. The summed E-state index contributed by atoms with van der Waals surface area (Å²) in [4.78, 5) is 22.4. The van der Waals surface area contributed by atoms with Crippen LogP contribution in [-0.2, 0) is 30.2 Å². The molecule has 2 unspecified atom stereocenters. The van der Waals surface area contributed by atoms with Crippen molar-refractivity contribution in [3.8, 4) is 0 Å². The standard InChI is InChI=1S/C14H16O6/c15-12(7-6-10-4-2-1-3-5-10)18-8-11-13(14(16)17)20-9-19-11/h1-5,11,13H,6-9H2,(H,16,17). The van der Waals surface area contributed by atoms with E-state index in [1.54, 1.807) is 0 Å². The molecule has 20 heavy (non-hydrogen) atoms. The van der Waals surface area contributed by atoms with Crippen molar-refractivity contribution in [3.05, 3.63) is 35.9 Å². The number of aliphatic carboxylic acids is 1. The maximum Gasteiger partial charge on any atom is 0.335 e. The van der Waals surface area contributed by atoms with Gasteiger partial charge >= 0.3 is 11.9 Å². The quantitative estimate of drug-likeness (QED) is 0.782. The number of carboxylic acid groups (broad SMARTS) is 1. The van der Waals surface area contributed by atoms with Crippen molar-refractivity contribution in [2.24, 2.45) is 0 Å². The summed E-state index contributed by atoms with van der Waals surface area (Å²) >= 11 is 0. The Hall–Kier alpha value is -1.92. The van der Waals surface area contributed by atoms with Gasteiger partial charge in [-0.05, 0) is 12.0 Å². The SMILES string of the molecule is O=C(CCc1ccccc1)OCC1OCOC1C(=O)O. The van der Waals surface area contributed by atoms with E-state index in [1.165, 1.54) is 0 Å². The Kier molecular flexibility index (Phi) is 5.09. The van der Waals surface area contributed by atoms with Crippen molar-refractivity contribution in [2.45, 2.75) is 25.0 Å². The molecule has 6 nitrogen and oxygen atoms in total. The molecule has 1 N–H and O–H groups in total. The number of ether oxygens (including phenoxy) is 3. The van der Waals surface area contributed by atoms with Gasteiger partial charge in [0.15, 0.2) is 6.10 Å². The van der Waals surface area contributed by atoms with Gasteiger partial charge < -0.3 is 19.3 Å². The minimum absolute atomic E-state index is 0.0940. The Morgan fingerprint density at radius 1 is 1.25 bits per heavy atom. The molecule has 0 bridgehead atoms. The van der Waals surface area contributed by atoms with Crippen LogP contribution < -0.4 is 0 Å². The summed E-state index contributed by atoms with van der Waals surface area (Å²) in [5.74, 6) is -1.50. The molecule has 1 aliphatic heterocycles. The fourth-order valence-corrected chi connectivity index (χ4v) is 1.90. The van der Waals surface area contributed by atoms with Crippen LogP contribution in [0, 0.1) is 0 Å². The molecular formula is C14H16O6. The van der Waals surface area contributed by atoms with E-state index < -0.39 is 18.2 Å². The summed E-state index contributed by atoms with van der Waals surface area (Å²) in [5.41, 5.74) is 1.05. The van der Waals surface area contributed by atoms with Gasteiger partial charge in [-0.25, -0.2) is 4.79 Å². The minimum Gasteiger partial charge on any atom is -0.479 e. The molecular weight excluding hydrogens is 264 g/mol. The number of carbonyl (C=O) groups is 2. The fraction of sp³-hybridized carbons (Fsp3) is 0.429. The Morgan fingerprint density at radius 3 is 2.70 bits per heavy atom. The second-order valence-electron chi connectivity index (χ2n) is 4.42. The lowest BCUT2D eigenvalue weighted by Crippen LogP contribution is -2.35. The lowest BCUT2D eigenvalue weighted by Gasteiger charge is -2.13. The number of rotatable bonds is 6. The van der Waals surface area contributed by atoms with Gasteiger partial charge in [0.05, 0.1) is 0 Å². The summed E-state index contributed by atoms with van der Waals surface area (Å²) in [6, 6.07) is 9.58. The second-order valence-corrected chi connectivity index (χ2v) is 4.42. The third-order valence-corrected chi connectivity index (χ3v) is 2.98. The van der Waals surface area contributed by atoms with Crippen LogP contribution in [0.1, 0.15) is 12.0 Å². The van der Waals surface area contributed by atoms with Gasteiger partial charge in [0.2, 0.25) is 0 Å². The number of aryl methyl sites for hydroxylation is 1. The Bertz CT molecular complexity index is 458. The van der Waals surface area contributed by atoms with Crippen molar-refractivity contribution < 1.29 is 28.9 Å². The van der Waals surface area contributed by atoms with Crippen LogP contribution in [-0.4, -0.2) is 42.7 Å². The number of carbonyl (C=O) groups excluding carboxylic acids is 1. The molecule has 108 valence electrons. The van der Waals surface area contributed by atoms with Crippen molar-refractivity contribution in [2.75, 3.05) is 13.4 Å². The Labute approximate surface area is 116 Å². The van der Waals surface area contributed by atoms with Gasteiger partial charge in [0.1, 0.15) is 19.5 Å². The highest BCUT2D eigenvalue weighted by Gasteiger charge is 2.36. The zero-order valence-electron chi connectivity index (χ0n) is 10.9. The molecule has 1 heterocycles. The van der Waals surface area contributed by atoms with Crippen LogP contribution >= 0.6 is 0 Å². The van der Waals surface area contributed by atoms with Gasteiger partial charge in [0.25, 0.3) is 0 Å². The molecule has 0 radical (unpaired) electrons. The maximum absolute atomic E-state index is 11.6. The van der Waals surface area contributed by atoms with E-state index in [0.717, 1.165) is 5.56 Å². The minimum atomic E-state index is -1.12. The summed E-state index contributed by atoms with van der Waals surface area (Å²) in [5, 5.41) is 8.86. The van der Waals surface area contributed by atoms with E-state index in [-0.39, 0.29) is 25.8 Å². The van der Waals surface area contributed by atoms with Gasteiger partial charge in [-0.15, -0.1) is 0 Å².